The first-order valence-electron chi connectivity index (χ1n) is 6.09. The summed E-state index contributed by atoms with van der Waals surface area (Å²) in [5, 5.41) is 0. The highest BCUT2D eigenvalue weighted by molar-refractivity contribution is 9.10. The Morgan fingerprint density at radius 3 is 2.55 bits per heavy atom. The fourth-order valence-electron chi connectivity index (χ4n) is 1.88. The quantitative estimate of drug-likeness (QED) is 0.792. The molecule has 0 aliphatic heterocycles. The fraction of sp³-hybridized carbons (Fsp3) is 0.0667. The molecule has 3 rings (SSSR count). The Morgan fingerprint density at radius 1 is 1.00 bits per heavy atom. The van der Waals surface area contributed by atoms with Gasteiger partial charge < -0.3 is 9.72 Å². The molecule has 5 heteroatoms. The number of aromatic amines is 1. The number of pyridine rings is 1. The molecule has 0 radical (unpaired) electrons. The van der Waals surface area contributed by atoms with Crippen LogP contribution >= 0.6 is 15.9 Å². The molecule has 0 spiro atoms. The van der Waals surface area contributed by atoms with E-state index in [0.717, 1.165) is 27.2 Å². The number of benzene rings is 1. The van der Waals surface area contributed by atoms with E-state index in [1.54, 1.807) is 7.11 Å². The zero-order valence-electron chi connectivity index (χ0n) is 10.8. The van der Waals surface area contributed by atoms with Crippen LogP contribution in [0.4, 0.5) is 0 Å². The van der Waals surface area contributed by atoms with Crippen LogP contribution < -0.4 is 4.74 Å². The Kier molecular flexibility index (Phi) is 3.52. The van der Waals surface area contributed by atoms with Gasteiger partial charge in [-0.25, -0.2) is 9.97 Å². The lowest BCUT2D eigenvalue weighted by Crippen LogP contribution is -1.90. The zero-order chi connectivity index (χ0) is 13.9. The van der Waals surface area contributed by atoms with Crippen LogP contribution in [-0.4, -0.2) is 22.1 Å². The number of hydrogen-bond acceptors (Lipinski definition) is 3. The molecule has 0 amide bonds. The monoisotopic (exact) mass is 329 g/mol. The molecule has 0 unspecified atom stereocenters. The van der Waals surface area contributed by atoms with Crippen LogP contribution in [-0.2, 0) is 0 Å². The predicted molar refractivity (Wildman–Crippen MR) is 81.5 cm³/mol. The Balaban J connectivity index is 1.95. The molecular weight excluding hydrogens is 318 g/mol. The van der Waals surface area contributed by atoms with Crippen molar-refractivity contribution in [2.45, 2.75) is 0 Å². The SMILES string of the molecule is COc1cccc(-c2nc(-c3ccc(Br)cc3)c[nH]2)n1. The number of methoxy groups -OCH3 is 1. The number of nitrogens with one attached hydrogen (secondary N) is 1. The van der Waals surface area contributed by atoms with Crippen molar-refractivity contribution in [1.29, 1.82) is 0 Å². The van der Waals surface area contributed by atoms with Crippen molar-refractivity contribution in [3.63, 3.8) is 0 Å². The summed E-state index contributed by atoms with van der Waals surface area (Å²) >= 11 is 3.42. The molecule has 0 atom stereocenters. The minimum absolute atomic E-state index is 0.573. The van der Waals surface area contributed by atoms with Crippen LogP contribution in [0.5, 0.6) is 5.88 Å². The Hall–Kier alpha value is -2.14. The number of nitrogens with zero attached hydrogens (tertiary/aromatic N) is 2. The van der Waals surface area contributed by atoms with Crippen molar-refractivity contribution >= 4 is 15.9 Å². The van der Waals surface area contributed by atoms with Crippen LogP contribution in [0.25, 0.3) is 22.8 Å². The van der Waals surface area contributed by atoms with E-state index in [1.807, 2.05) is 48.7 Å². The van der Waals surface area contributed by atoms with Crippen LogP contribution in [0, 0.1) is 0 Å². The lowest BCUT2D eigenvalue weighted by molar-refractivity contribution is 0.398. The molecule has 100 valence electrons. The molecule has 1 N–H and O–H groups in total. The molecule has 1 aromatic carbocycles. The van der Waals surface area contributed by atoms with Crippen LogP contribution in [0.2, 0.25) is 0 Å². The van der Waals surface area contributed by atoms with E-state index in [1.165, 1.54) is 0 Å². The van der Waals surface area contributed by atoms with Crippen LogP contribution in [0.1, 0.15) is 0 Å². The highest BCUT2D eigenvalue weighted by Gasteiger charge is 2.07. The van der Waals surface area contributed by atoms with E-state index in [9.17, 15) is 0 Å². The van der Waals surface area contributed by atoms with Gasteiger partial charge in [-0.2, -0.15) is 0 Å². The smallest absolute Gasteiger partial charge is 0.213 e. The second-order valence-electron chi connectivity index (χ2n) is 4.21. The topological polar surface area (TPSA) is 50.8 Å². The maximum absolute atomic E-state index is 5.12. The molecule has 0 bridgehead atoms. The lowest BCUT2D eigenvalue weighted by atomic mass is 10.2. The number of halogens is 1. The van der Waals surface area contributed by atoms with E-state index < -0.39 is 0 Å². The van der Waals surface area contributed by atoms with Gasteiger partial charge in [-0.3, -0.25) is 0 Å². The minimum Gasteiger partial charge on any atom is -0.481 e. The maximum atomic E-state index is 5.12. The summed E-state index contributed by atoms with van der Waals surface area (Å²) in [5.74, 6) is 1.30. The highest BCUT2D eigenvalue weighted by atomic mass is 79.9. The summed E-state index contributed by atoms with van der Waals surface area (Å²) in [6.07, 6.45) is 1.87. The summed E-state index contributed by atoms with van der Waals surface area (Å²) in [6, 6.07) is 13.6. The molecule has 0 saturated heterocycles. The first kappa shape index (κ1) is 12.9. The third-order valence-corrected chi connectivity index (χ3v) is 3.42. The van der Waals surface area contributed by atoms with Crippen molar-refractivity contribution in [1.82, 2.24) is 15.0 Å². The van der Waals surface area contributed by atoms with E-state index >= 15 is 0 Å². The van der Waals surface area contributed by atoms with Gasteiger partial charge in [0, 0.05) is 22.3 Å². The minimum atomic E-state index is 0.573. The third kappa shape index (κ3) is 2.58. The summed E-state index contributed by atoms with van der Waals surface area (Å²) in [4.78, 5) is 12.1. The van der Waals surface area contributed by atoms with Crippen LogP contribution in [0.3, 0.4) is 0 Å². The summed E-state index contributed by atoms with van der Waals surface area (Å²) in [5.41, 5.74) is 2.70. The average molecular weight is 330 g/mol. The Labute approximate surface area is 125 Å². The van der Waals surface area contributed by atoms with E-state index in [0.29, 0.717) is 5.88 Å². The second kappa shape index (κ2) is 5.46. The van der Waals surface area contributed by atoms with Gasteiger partial charge in [0.15, 0.2) is 5.82 Å². The van der Waals surface area contributed by atoms with Gasteiger partial charge in [0.2, 0.25) is 5.88 Å². The number of H-pyrrole nitrogens is 1. The summed E-state index contributed by atoms with van der Waals surface area (Å²) < 4.78 is 6.17. The summed E-state index contributed by atoms with van der Waals surface area (Å²) in [7, 11) is 1.60. The number of rotatable bonds is 3. The lowest BCUT2D eigenvalue weighted by Gasteiger charge is -2.00. The molecule has 20 heavy (non-hydrogen) atoms. The Morgan fingerprint density at radius 2 is 1.80 bits per heavy atom. The first-order valence-corrected chi connectivity index (χ1v) is 6.88. The molecular formula is C15H12BrN3O. The molecule has 0 saturated carbocycles. The van der Waals surface area contributed by atoms with E-state index in [4.69, 9.17) is 4.74 Å². The van der Waals surface area contributed by atoms with E-state index in [-0.39, 0.29) is 0 Å². The second-order valence-corrected chi connectivity index (χ2v) is 5.12. The average Bonchev–Trinajstić information content (AvgIpc) is 2.98. The summed E-state index contributed by atoms with van der Waals surface area (Å²) in [6.45, 7) is 0. The number of hydrogen-bond donors (Lipinski definition) is 1. The van der Waals surface area contributed by atoms with Gasteiger partial charge in [-0.05, 0) is 18.2 Å². The van der Waals surface area contributed by atoms with Gasteiger partial charge in [-0.15, -0.1) is 0 Å². The molecule has 2 aromatic heterocycles. The number of imidazole rings is 1. The number of ether oxygens (including phenoxy) is 1. The van der Waals surface area contributed by atoms with Crippen molar-refractivity contribution in [3.8, 4) is 28.7 Å². The highest BCUT2D eigenvalue weighted by Crippen LogP contribution is 2.23. The molecule has 0 aliphatic carbocycles. The van der Waals surface area contributed by atoms with Gasteiger partial charge in [0.1, 0.15) is 5.69 Å². The number of aromatic nitrogens is 3. The van der Waals surface area contributed by atoms with E-state index in [2.05, 4.69) is 30.9 Å². The van der Waals surface area contributed by atoms with Crippen molar-refractivity contribution < 1.29 is 4.74 Å². The van der Waals surface area contributed by atoms with Gasteiger partial charge >= 0.3 is 0 Å². The van der Waals surface area contributed by atoms with Crippen molar-refractivity contribution in [2.75, 3.05) is 7.11 Å². The standard InChI is InChI=1S/C15H12BrN3O/c1-20-14-4-2-3-12(18-14)15-17-9-13(19-15)10-5-7-11(16)8-6-10/h2-9H,1H3,(H,17,19). The van der Waals surface area contributed by atoms with Crippen LogP contribution in [0.15, 0.2) is 53.1 Å². The normalized spacial score (nSPS) is 10.5. The molecule has 3 aromatic rings. The van der Waals surface area contributed by atoms with Gasteiger partial charge in [0.05, 0.1) is 12.8 Å². The van der Waals surface area contributed by atoms with Gasteiger partial charge in [0.25, 0.3) is 0 Å². The van der Waals surface area contributed by atoms with Crippen molar-refractivity contribution in [3.05, 3.63) is 53.1 Å². The molecule has 4 nitrogen and oxygen atoms in total. The largest absolute Gasteiger partial charge is 0.481 e. The first-order chi connectivity index (χ1) is 9.76. The zero-order valence-corrected chi connectivity index (χ0v) is 12.4. The molecule has 0 fully saturated rings. The predicted octanol–water partition coefficient (Wildman–Crippen LogP) is 3.91. The maximum Gasteiger partial charge on any atom is 0.213 e. The van der Waals surface area contributed by atoms with Gasteiger partial charge in [-0.1, -0.05) is 34.1 Å². The van der Waals surface area contributed by atoms with Crippen molar-refractivity contribution in [2.24, 2.45) is 0 Å². The fourth-order valence-corrected chi connectivity index (χ4v) is 2.15. The molecule has 2 heterocycles. The molecule has 0 aliphatic rings. The third-order valence-electron chi connectivity index (χ3n) is 2.89. The Bertz CT molecular complexity index is 722.